The molecule has 2 heterocycles. The first kappa shape index (κ1) is 15.2. The number of benzene rings is 1. The smallest absolute Gasteiger partial charge is 0.270 e. The van der Waals surface area contributed by atoms with Gasteiger partial charge in [-0.1, -0.05) is 13.3 Å². The molecule has 0 aliphatic carbocycles. The van der Waals surface area contributed by atoms with E-state index in [2.05, 4.69) is 22.9 Å². The maximum atomic E-state index is 10.9. The summed E-state index contributed by atoms with van der Waals surface area (Å²) in [6.45, 7) is 4.10. The molecule has 2 aromatic rings. The van der Waals surface area contributed by atoms with Gasteiger partial charge in [-0.25, -0.2) is 4.98 Å². The summed E-state index contributed by atoms with van der Waals surface area (Å²) in [5.41, 5.74) is 1.04. The van der Waals surface area contributed by atoms with Gasteiger partial charge >= 0.3 is 0 Å². The lowest BCUT2D eigenvalue weighted by molar-refractivity contribution is -0.384. The first-order chi connectivity index (χ1) is 11.1. The van der Waals surface area contributed by atoms with Gasteiger partial charge in [0.15, 0.2) is 0 Å². The van der Waals surface area contributed by atoms with Crippen LogP contribution < -0.4 is 4.90 Å². The first-order valence-electron chi connectivity index (χ1n) is 7.86. The SMILES string of the molecule is CCC1CCN(c2cc(C#N)c3cc([N+](=O)[O-])ccc3n2)CC1. The third-order valence-electron chi connectivity index (χ3n) is 4.63. The molecule has 1 aliphatic heterocycles. The Labute approximate surface area is 134 Å². The van der Waals surface area contributed by atoms with Gasteiger partial charge < -0.3 is 4.90 Å². The summed E-state index contributed by atoms with van der Waals surface area (Å²) in [5, 5.41) is 20.8. The monoisotopic (exact) mass is 310 g/mol. The van der Waals surface area contributed by atoms with Gasteiger partial charge in [-0.05, 0) is 30.9 Å². The highest BCUT2D eigenvalue weighted by atomic mass is 16.6. The molecule has 1 aromatic carbocycles. The zero-order valence-electron chi connectivity index (χ0n) is 13.0. The number of rotatable bonds is 3. The molecular weight excluding hydrogens is 292 g/mol. The summed E-state index contributed by atoms with van der Waals surface area (Å²) in [4.78, 5) is 17.3. The molecule has 0 unspecified atom stereocenters. The summed E-state index contributed by atoms with van der Waals surface area (Å²) in [6.07, 6.45) is 3.48. The van der Waals surface area contributed by atoms with E-state index in [1.54, 1.807) is 12.1 Å². The van der Waals surface area contributed by atoms with E-state index in [4.69, 9.17) is 0 Å². The average molecular weight is 310 g/mol. The Morgan fingerprint density at radius 2 is 2.13 bits per heavy atom. The summed E-state index contributed by atoms with van der Waals surface area (Å²) < 4.78 is 0. The summed E-state index contributed by atoms with van der Waals surface area (Å²) in [5.74, 6) is 1.56. The second-order valence-corrected chi connectivity index (χ2v) is 5.94. The Morgan fingerprint density at radius 3 is 2.74 bits per heavy atom. The fraction of sp³-hybridized carbons (Fsp3) is 0.412. The highest BCUT2D eigenvalue weighted by Crippen LogP contribution is 2.29. The quantitative estimate of drug-likeness (QED) is 0.638. The molecule has 6 nitrogen and oxygen atoms in total. The molecule has 0 atom stereocenters. The van der Waals surface area contributed by atoms with Crippen LogP contribution in [0.2, 0.25) is 0 Å². The van der Waals surface area contributed by atoms with Crippen LogP contribution in [0.25, 0.3) is 10.9 Å². The van der Waals surface area contributed by atoms with Gasteiger partial charge in [-0.3, -0.25) is 10.1 Å². The van der Waals surface area contributed by atoms with E-state index in [1.165, 1.54) is 18.6 Å². The molecular formula is C17H18N4O2. The van der Waals surface area contributed by atoms with E-state index in [9.17, 15) is 15.4 Å². The number of hydrogen-bond donors (Lipinski definition) is 0. The fourth-order valence-corrected chi connectivity index (χ4v) is 3.14. The molecule has 0 amide bonds. The van der Waals surface area contributed by atoms with Gasteiger partial charge in [0.05, 0.1) is 22.1 Å². The van der Waals surface area contributed by atoms with E-state index >= 15 is 0 Å². The number of nitro groups is 1. The van der Waals surface area contributed by atoms with Crippen LogP contribution in [0.15, 0.2) is 24.3 Å². The topological polar surface area (TPSA) is 83.1 Å². The van der Waals surface area contributed by atoms with Crippen molar-refractivity contribution < 1.29 is 4.92 Å². The molecule has 6 heteroatoms. The number of anilines is 1. The van der Waals surface area contributed by atoms with E-state index in [0.29, 0.717) is 16.5 Å². The Hall–Kier alpha value is -2.68. The Morgan fingerprint density at radius 1 is 1.39 bits per heavy atom. The molecule has 118 valence electrons. The Balaban J connectivity index is 1.99. The normalized spacial score (nSPS) is 15.6. The van der Waals surface area contributed by atoms with Crippen molar-refractivity contribution in [2.24, 2.45) is 5.92 Å². The third kappa shape index (κ3) is 2.95. The minimum absolute atomic E-state index is 0.0210. The summed E-state index contributed by atoms with van der Waals surface area (Å²) >= 11 is 0. The lowest BCUT2D eigenvalue weighted by Gasteiger charge is -2.32. The number of nitrogens with zero attached hydrogens (tertiary/aromatic N) is 4. The van der Waals surface area contributed by atoms with Crippen molar-refractivity contribution in [3.8, 4) is 6.07 Å². The maximum absolute atomic E-state index is 10.9. The molecule has 0 radical (unpaired) electrons. The van der Waals surface area contributed by atoms with Crippen molar-refractivity contribution in [1.82, 2.24) is 4.98 Å². The van der Waals surface area contributed by atoms with Gasteiger partial charge in [-0.15, -0.1) is 0 Å². The molecule has 1 fully saturated rings. The number of fused-ring (bicyclic) bond motifs is 1. The van der Waals surface area contributed by atoms with Crippen molar-refractivity contribution in [2.45, 2.75) is 26.2 Å². The third-order valence-corrected chi connectivity index (χ3v) is 4.63. The fourth-order valence-electron chi connectivity index (χ4n) is 3.14. The molecule has 23 heavy (non-hydrogen) atoms. The standard InChI is InChI=1S/C17H18N4O2/c1-2-12-5-7-20(8-6-12)17-9-13(11-18)15-10-14(21(22)23)3-4-16(15)19-17/h3-4,9-10,12H,2,5-8H2,1H3. The number of nitro benzene ring substituents is 1. The van der Waals surface area contributed by atoms with Crippen molar-refractivity contribution >= 4 is 22.4 Å². The number of nitriles is 1. The van der Waals surface area contributed by atoms with E-state index in [-0.39, 0.29) is 5.69 Å². The second kappa shape index (κ2) is 6.21. The molecule has 1 saturated heterocycles. The largest absolute Gasteiger partial charge is 0.357 e. The van der Waals surface area contributed by atoms with Crippen LogP contribution in [-0.4, -0.2) is 23.0 Å². The van der Waals surface area contributed by atoms with Gasteiger partial charge in [0.25, 0.3) is 5.69 Å². The predicted molar refractivity (Wildman–Crippen MR) is 88.3 cm³/mol. The Bertz CT molecular complexity index is 789. The van der Waals surface area contributed by atoms with Gasteiger partial charge in [0.1, 0.15) is 5.82 Å². The number of aromatic nitrogens is 1. The number of piperidine rings is 1. The van der Waals surface area contributed by atoms with E-state index in [0.717, 1.165) is 37.7 Å². The van der Waals surface area contributed by atoms with Crippen LogP contribution in [0.4, 0.5) is 11.5 Å². The lowest BCUT2D eigenvalue weighted by atomic mass is 9.94. The van der Waals surface area contributed by atoms with Crippen LogP contribution in [0, 0.1) is 27.4 Å². The summed E-state index contributed by atoms with van der Waals surface area (Å²) in [7, 11) is 0. The molecule has 1 aliphatic rings. The molecule has 0 spiro atoms. The minimum Gasteiger partial charge on any atom is -0.357 e. The van der Waals surface area contributed by atoms with Crippen molar-refractivity contribution in [3.05, 3.63) is 39.9 Å². The van der Waals surface area contributed by atoms with Crippen molar-refractivity contribution in [2.75, 3.05) is 18.0 Å². The number of non-ortho nitro benzene ring substituents is 1. The minimum atomic E-state index is -0.454. The molecule has 0 N–H and O–H groups in total. The van der Waals surface area contributed by atoms with Crippen LogP contribution in [0.5, 0.6) is 0 Å². The van der Waals surface area contributed by atoms with Crippen LogP contribution in [0.1, 0.15) is 31.7 Å². The number of hydrogen-bond acceptors (Lipinski definition) is 5. The molecule has 1 aromatic heterocycles. The van der Waals surface area contributed by atoms with Gasteiger partial charge in [-0.2, -0.15) is 5.26 Å². The maximum Gasteiger partial charge on any atom is 0.270 e. The zero-order valence-corrected chi connectivity index (χ0v) is 13.0. The van der Waals surface area contributed by atoms with Crippen LogP contribution in [0.3, 0.4) is 0 Å². The van der Waals surface area contributed by atoms with E-state index in [1.807, 2.05) is 0 Å². The first-order valence-corrected chi connectivity index (χ1v) is 7.86. The highest BCUT2D eigenvalue weighted by Gasteiger charge is 2.20. The molecule has 0 saturated carbocycles. The Kier molecular flexibility index (Phi) is 4.11. The second-order valence-electron chi connectivity index (χ2n) is 5.94. The van der Waals surface area contributed by atoms with Crippen LogP contribution >= 0.6 is 0 Å². The molecule has 3 rings (SSSR count). The zero-order chi connectivity index (χ0) is 16.4. The summed E-state index contributed by atoms with van der Waals surface area (Å²) in [6, 6.07) is 8.37. The highest BCUT2D eigenvalue weighted by molar-refractivity contribution is 5.88. The van der Waals surface area contributed by atoms with Crippen LogP contribution in [-0.2, 0) is 0 Å². The molecule has 0 bridgehead atoms. The van der Waals surface area contributed by atoms with Gasteiger partial charge in [0, 0.05) is 30.6 Å². The van der Waals surface area contributed by atoms with Crippen molar-refractivity contribution in [1.29, 1.82) is 5.26 Å². The van der Waals surface area contributed by atoms with Crippen molar-refractivity contribution in [3.63, 3.8) is 0 Å². The number of pyridine rings is 1. The predicted octanol–water partition coefficient (Wildman–Crippen LogP) is 3.64. The average Bonchev–Trinajstić information content (AvgIpc) is 2.60. The van der Waals surface area contributed by atoms with E-state index < -0.39 is 4.92 Å². The van der Waals surface area contributed by atoms with Gasteiger partial charge in [0.2, 0.25) is 0 Å². The lowest BCUT2D eigenvalue weighted by Crippen LogP contribution is -2.34.